The summed E-state index contributed by atoms with van der Waals surface area (Å²) in [6.07, 6.45) is 0.921. The Balaban J connectivity index is 2.23. The number of fused-ring (bicyclic) bond motifs is 2. The highest BCUT2D eigenvalue weighted by Crippen LogP contribution is 2.62. The number of rotatable bonds is 3. The Kier molecular flexibility index (Phi) is 4.07. The van der Waals surface area contributed by atoms with Gasteiger partial charge in [-0.05, 0) is 12.1 Å². The first-order valence-electron chi connectivity index (χ1n) is 6.93. The topological polar surface area (TPSA) is 58.9 Å². The first kappa shape index (κ1) is 15.3. The smallest absolute Gasteiger partial charge is 0.124 e. The van der Waals surface area contributed by atoms with Crippen molar-refractivity contribution in [1.29, 1.82) is 0 Å². The third kappa shape index (κ3) is 2.42. The van der Waals surface area contributed by atoms with Gasteiger partial charge < -0.3 is 19.7 Å². The Morgan fingerprint density at radius 3 is 2.33 bits per heavy atom. The molecular weight excluding hydrogens is 308 g/mol. The Morgan fingerprint density at radius 2 is 1.76 bits per heavy atom. The molecule has 1 aromatic rings. The SMILES string of the molecule is COc1ccc(OC)c2c1CC(O)(CO)CC21SCCS1. The molecule has 1 saturated heterocycles. The van der Waals surface area contributed by atoms with Gasteiger partial charge in [-0.15, -0.1) is 23.5 Å². The molecule has 1 aliphatic heterocycles. The van der Waals surface area contributed by atoms with Crippen molar-refractivity contribution in [3.05, 3.63) is 23.3 Å². The Morgan fingerprint density at radius 1 is 1.14 bits per heavy atom. The molecular formula is C15H20O4S2. The summed E-state index contributed by atoms with van der Waals surface area (Å²) in [7, 11) is 3.31. The van der Waals surface area contributed by atoms with Crippen LogP contribution in [-0.2, 0) is 10.5 Å². The van der Waals surface area contributed by atoms with E-state index < -0.39 is 5.60 Å². The molecule has 21 heavy (non-hydrogen) atoms. The summed E-state index contributed by atoms with van der Waals surface area (Å²) in [4.78, 5) is 0. The minimum absolute atomic E-state index is 0.240. The molecule has 2 aliphatic rings. The van der Waals surface area contributed by atoms with Crippen molar-refractivity contribution in [2.75, 3.05) is 32.3 Å². The number of aliphatic hydroxyl groups excluding tert-OH is 1. The van der Waals surface area contributed by atoms with Crippen molar-refractivity contribution < 1.29 is 19.7 Å². The van der Waals surface area contributed by atoms with Crippen LogP contribution in [0.1, 0.15) is 17.5 Å². The lowest BCUT2D eigenvalue weighted by atomic mass is 9.79. The number of hydrogen-bond acceptors (Lipinski definition) is 6. The Hall–Kier alpha value is -0.560. The summed E-state index contributed by atoms with van der Waals surface area (Å²) in [6, 6.07) is 3.81. The van der Waals surface area contributed by atoms with Crippen LogP contribution in [0.15, 0.2) is 12.1 Å². The zero-order valence-corrected chi connectivity index (χ0v) is 13.9. The van der Waals surface area contributed by atoms with Crippen LogP contribution in [0.3, 0.4) is 0 Å². The third-order valence-electron chi connectivity index (χ3n) is 4.17. The van der Waals surface area contributed by atoms with E-state index in [1.165, 1.54) is 0 Å². The van der Waals surface area contributed by atoms with E-state index in [-0.39, 0.29) is 10.7 Å². The molecule has 0 aromatic heterocycles. The fourth-order valence-corrected chi connectivity index (χ4v) is 6.92. The van der Waals surface area contributed by atoms with Crippen molar-refractivity contribution in [3.63, 3.8) is 0 Å². The fraction of sp³-hybridized carbons (Fsp3) is 0.600. The number of aliphatic hydroxyl groups is 2. The van der Waals surface area contributed by atoms with E-state index in [1.807, 2.05) is 35.7 Å². The molecule has 3 rings (SSSR count). The van der Waals surface area contributed by atoms with Crippen molar-refractivity contribution in [2.24, 2.45) is 0 Å². The van der Waals surface area contributed by atoms with Gasteiger partial charge in [0.25, 0.3) is 0 Å². The van der Waals surface area contributed by atoms with Gasteiger partial charge >= 0.3 is 0 Å². The van der Waals surface area contributed by atoms with Crippen molar-refractivity contribution >= 4 is 23.5 Å². The van der Waals surface area contributed by atoms with E-state index in [0.29, 0.717) is 12.8 Å². The van der Waals surface area contributed by atoms with Crippen molar-refractivity contribution in [3.8, 4) is 11.5 Å². The van der Waals surface area contributed by atoms with Gasteiger partial charge in [0.1, 0.15) is 11.5 Å². The summed E-state index contributed by atoms with van der Waals surface area (Å²) in [5.74, 6) is 3.66. The quantitative estimate of drug-likeness (QED) is 0.885. The highest BCUT2D eigenvalue weighted by molar-refractivity contribution is 8.20. The van der Waals surface area contributed by atoms with Gasteiger partial charge in [-0.2, -0.15) is 0 Å². The number of ether oxygens (including phenoxy) is 2. The Labute approximate surface area is 133 Å². The number of benzene rings is 1. The average Bonchev–Trinajstić information content (AvgIpc) is 2.94. The second-order valence-electron chi connectivity index (χ2n) is 5.51. The molecule has 1 aromatic carbocycles. The summed E-state index contributed by atoms with van der Waals surface area (Å²) in [5, 5.41) is 20.4. The first-order chi connectivity index (χ1) is 10.1. The highest BCUT2D eigenvalue weighted by atomic mass is 32.2. The Bertz CT molecular complexity index is 543. The lowest BCUT2D eigenvalue weighted by Gasteiger charge is -2.43. The number of methoxy groups -OCH3 is 2. The van der Waals surface area contributed by atoms with Crippen LogP contribution in [0.4, 0.5) is 0 Å². The summed E-state index contributed by atoms with van der Waals surface area (Å²) in [6.45, 7) is -0.240. The summed E-state index contributed by atoms with van der Waals surface area (Å²) >= 11 is 3.66. The zero-order valence-electron chi connectivity index (χ0n) is 12.2. The van der Waals surface area contributed by atoms with Crippen LogP contribution in [0.25, 0.3) is 0 Å². The van der Waals surface area contributed by atoms with E-state index >= 15 is 0 Å². The second-order valence-corrected chi connectivity index (χ2v) is 8.56. The van der Waals surface area contributed by atoms with Crippen molar-refractivity contribution in [2.45, 2.75) is 22.5 Å². The van der Waals surface area contributed by atoms with Crippen LogP contribution in [0.5, 0.6) is 11.5 Å². The summed E-state index contributed by atoms with van der Waals surface area (Å²) < 4.78 is 10.8. The highest BCUT2D eigenvalue weighted by Gasteiger charge is 2.52. The van der Waals surface area contributed by atoms with E-state index in [1.54, 1.807) is 14.2 Å². The molecule has 6 heteroatoms. The van der Waals surface area contributed by atoms with Crippen LogP contribution in [-0.4, -0.2) is 48.1 Å². The molecule has 1 spiro atoms. The number of thioether (sulfide) groups is 2. The van der Waals surface area contributed by atoms with E-state index in [9.17, 15) is 10.2 Å². The van der Waals surface area contributed by atoms with E-state index in [4.69, 9.17) is 9.47 Å². The van der Waals surface area contributed by atoms with Crippen LogP contribution >= 0.6 is 23.5 Å². The minimum atomic E-state index is -1.10. The predicted octanol–water partition coefficient (Wildman–Crippen LogP) is 2.01. The molecule has 1 unspecified atom stereocenters. The molecule has 0 amide bonds. The fourth-order valence-electron chi connectivity index (χ4n) is 3.29. The van der Waals surface area contributed by atoms with Gasteiger partial charge in [-0.3, -0.25) is 0 Å². The van der Waals surface area contributed by atoms with E-state index in [2.05, 4.69) is 0 Å². The maximum absolute atomic E-state index is 10.8. The standard InChI is InChI=1S/C15H20O4S2/c1-18-11-3-4-12(19-2)13-10(11)7-14(17,9-16)8-15(13)20-5-6-21-15/h3-4,16-17H,5-9H2,1-2H3. The molecule has 4 nitrogen and oxygen atoms in total. The van der Waals surface area contributed by atoms with Gasteiger partial charge in [0.15, 0.2) is 0 Å². The van der Waals surface area contributed by atoms with Gasteiger partial charge in [0.2, 0.25) is 0 Å². The van der Waals surface area contributed by atoms with Gasteiger partial charge in [0, 0.05) is 35.5 Å². The first-order valence-corrected chi connectivity index (χ1v) is 8.90. The predicted molar refractivity (Wildman–Crippen MR) is 86.5 cm³/mol. The van der Waals surface area contributed by atoms with Crippen LogP contribution < -0.4 is 9.47 Å². The maximum Gasteiger partial charge on any atom is 0.124 e. The molecule has 0 bridgehead atoms. The zero-order chi connectivity index (χ0) is 15.1. The molecule has 0 saturated carbocycles. The van der Waals surface area contributed by atoms with E-state index in [0.717, 1.165) is 34.1 Å². The third-order valence-corrected chi connectivity index (χ3v) is 7.58. The molecule has 2 N–H and O–H groups in total. The van der Waals surface area contributed by atoms with Gasteiger partial charge in [-0.1, -0.05) is 0 Å². The molecule has 1 heterocycles. The largest absolute Gasteiger partial charge is 0.496 e. The average molecular weight is 328 g/mol. The molecule has 1 fully saturated rings. The van der Waals surface area contributed by atoms with Crippen LogP contribution in [0, 0.1) is 0 Å². The lowest BCUT2D eigenvalue weighted by molar-refractivity contribution is -0.0284. The molecule has 0 radical (unpaired) electrons. The van der Waals surface area contributed by atoms with Crippen LogP contribution in [0.2, 0.25) is 0 Å². The molecule has 1 atom stereocenters. The monoisotopic (exact) mass is 328 g/mol. The minimum Gasteiger partial charge on any atom is -0.496 e. The second kappa shape index (κ2) is 5.57. The summed E-state index contributed by atoms with van der Waals surface area (Å²) in [5.41, 5.74) is 0.980. The van der Waals surface area contributed by atoms with Gasteiger partial charge in [-0.25, -0.2) is 0 Å². The molecule has 116 valence electrons. The van der Waals surface area contributed by atoms with Gasteiger partial charge in [0.05, 0.1) is 30.5 Å². The number of hydrogen-bond donors (Lipinski definition) is 2. The maximum atomic E-state index is 10.8. The van der Waals surface area contributed by atoms with Crippen molar-refractivity contribution in [1.82, 2.24) is 0 Å². The molecule has 1 aliphatic carbocycles. The lowest BCUT2D eigenvalue weighted by Crippen LogP contribution is -2.45. The normalized spacial score (nSPS) is 26.7.